The van der Waals surface area contributed by atoms with Gasteiger partial charge in [0.25, 0.3) is 5.91 Å². The van der Waals surface area contributed by atoms with E-state index in [0.29, 0.717) is 50.0 Å². The molecule has 6 rings (SSSR count). The molecule has 0 radical (unpaired) electrons. The van der Waals surface area contributed by atoms with Gasteiger partial charge < -0.3 is 34.7 Å². The Labute approximate surface area is 285 Å². The minimum Gasteiger partial charge on any atom is -0.342 e. The van der Waals surface area contributed by atoms with E-state index in [1.54, 1.807) is 9.80 Å². The number of thiophene rings is 1. The molecule has 49 heavy (non-hydrogen) atoms. The lowest BCUT2D eigenvalue weighted by Crippen LogP contribution is -2.61. The molecule has 4 aliphatic rings. The fourth-order valence-electron chi connectivity index (χ4n) is 7.50. The van der Waals surface area contributed by atoms with E-state index in [2.05, 4.69) is 5.32 Å². The Bertz CT molecular complexity index is 1710. The van der Waals surface area contributed by atoms with Crippen molar-refractivity contribution in [3.63, 3.8) is 0 Å². The number of fused-ring (bicyclic) bond motifs is 2. The maximum atomic E-state index is 14.4. The van der Waals surface area contributed by atoms with Crippen LogP contribution in [0.3, 0.4) is 0 Å². The highest BCUT2D eigenvalue weighted by Gasteiger charge is 2.51. The molecule has 1 aromatic heterocycles. The molecule has 4 fully saturated rings. The van der Waals surface area contributed by atoms with Gasteiger partial charge in [-0.15, -0.1) is 11.3 Å². The minimum atomic E-state index is -5.80. The van der Waals surface area contributed by atoms with Crippen molar-refractivity contribution >= 4 is 58.6 Å². The predicted octanol–water partition coefficient (Wildman–Crippen LogP) is 2.70. The van der Waals surface area contributed by atoms with Gasteiger partial charge in [-0.3, -0.25) is 28.5 Å². The largest absolute Gasteiger partial charge is 0.399 e. The molecule has 4 aliphatic heterocycles. The SMILES string of the molecule is CC(=O)N1CC[C@H]2CC[C@@H](C(=O)N3CC[C@H](C(=O)N4CCCCC4)C3)N2C(=O)C(NC(=O)c2cc3cc(C(F)(F)P(=O)(O)O)ccc3s2)C1. The molecule has 17 heteroatoms. The molecule has 4 atom stereocenters. The van der Waals surface area contributed by atoms with E-state index in [-0.39, 0.29) is 46.5 Å². The first-order chi connectivity index (χ1) is 23.2. The van der Waals surface area contributed by atoms with Crippen LogP contribution in [0.1, 0.15) is 67.1 Å². The number of amides is 5. The molecule has 2 aromatic rings. The third-order valence-electron chi connectivity index (χ3n) is 10.2. The van der Waals surface area contributed by atoms with E-state index in [4.69, 9.17) is 9.79 Å². The van der Waals surface area contributed by atoms with Crippen LogP contribution >= 0.6 is 18.9 Å². The van der Waals surface area contributed by atoms with Gasteiger partial charge in [0.05, 0.1) is 10.8 Å². The lowest BCUT2D eigenvalue weighted by molar-refractivity contribution is -0.148. The Hall–Kier alpha value is -3.46. The average molecular weight is 724 g/mol. The zero-order valence-electron chi connectivity index (χ0n) is 27.1. The van der Waals surface area contributed by atoms with Crippen LogP contribution in [0.5, 0.6) is 0 Å². The molecule has 0 spiro atoms. The third kappa shape index (κ3) is 6.97. The van der Waals surface area contributed by atoms with E-state index in [1.165, 1.54) is 24.0 Å². The molecular weight excluding hydrogens is 683 g/mol. The Kier molecular flexibility index (Phi) is 9.88. The van der Waals surface area contributed by atoms with Crippen molar-refractivity contribution in [1.82, 2.24) is 24.9 Å². The van der Waals surface area contributed by atoms with Crippen LogP contribution in [0.2, 0.25) is 0 Å². The van der Waals surface area contributed by atoms with Crippen LogP contribution in [0.25, 0.3) is 10.1 Å². The summed E-state index contributed by atoms with van der Waals surface area (Å²) in [5, 5.41) is 2.86. The van der Waals surface area contributed by atoms with E-state index in [9.17, 15) is 37.3 Å². The van der Waals surface area contributed by atoms with Crippen molar-refractivity contribution < 1.29 is 47.1 Å². The van der Waals surface area contributed by atoms with Crippen LogP contribution in [0.4, 0.5) is 8.78 Å². The highest BCUT2D eigenvalue weighted by molar-refractivity contribution is 7.52. The highest BCUT2D eigenvalue weighted by Crippen LogP contribution is 2.59. The van der Waals surface area contributed by atoms with Crippen LogP contribution in [0.15, 0.2) is 24.3 Å². The predicted molar refractivity (Wildman–Crippen MR) is 175 cm³/mol. The summed E-state index contributed by atoms with van der Waals surface area (Å²) in [6.45, 7) is 3.72. The molecule has 13 nitrogen and oxygen atoms in total. The van der Waals surface area contributed by atoms with Crippen LogP contribution < -0.4 is 5.32 Å². The molecule has 266 valence electrons. The number of nitrogens with one attached hydrogen (secondary N) is 1. The number of alkyl halides is 2. The number of hydrogen-bond donors (Lipinski definition) is 3. The molecule has 5 heterocycles. The molecule has 5 amide bonds. The molecular formula is C32H40F2N5O8PS. The van der Waals surface area contributed by atoms with Crippen molar-refractivity contribution in [2.75, 3.05) is 39.3 Å². The number of halogens is 2. The minimum absolute atomic E-state index is 0.0583. The number of nitrogens with zero attached hydrogens (tertiary/aromatic N) is 4. The standard InChI is InChI=1S/C32H40F2N5O8PS/c1-19(40)37-14-10-23-6-7-25(31(44)38-13-9-20(17-38)29(42)36-11-3-2-4-12-36)39(23)30(43)24(18-37)35-28(41)27-16-21-15-22(5-8-26(21)49-27)32(33,34)48(45,46)47/h5,8,15-16,20,23-25H,2-4,6-7,9-14,17-18H2,1H3,(H,35,41)(H2,45,46,47)/t20-,23+,24?,25-/m0/s1. The Morgan fingerprint density at radius 1 is 0.898 bits per heavy atom. The van der Waals surface area contributed by atoms with Gasteiger partial charge in [0.15, 0.2) is 0 Å². The summed E-state index contributed by atoms with van der Waals surface area (Å²) in [5.41, 5.74) is -5.33. The molecule has 1 unspecified atom stereocenters. The van der Waals surface area contributed by atoms with Crippen molar-refractivity contribution in [1.29, 1.82) is 0 Å². The van der Waals surface area contributed by atoms with E-state index >= 15 is 0 Å². The van der Waals surface area contributed by atoms with Crippen LogP contribution in [-0.2, 0) is 29.4 Å². The normalized spacial score (nSPS) is 25.3. The quantitative estimate of drug-likeness (QED) is 0.383. The third-order valence-corrected chi connectivity index (χ3v) is 12.3. The monoisotopic (exact) mass is 723 g/mol. The van der Waals surface area contributed by atoms with Gasteiger partial charge in [-0.2, -0.15) is 8.78 Å². The van der Waals surface area contributed by atoms with E-state index in [1.807, 2.05) is 4.90 Å². The van der Waals surface area contributed by atoms with Gasteiger partial charge in [0, 0.05) is 62.5 Å². The van der Waals surface area contributed by atoms with Gasteiger partial charge in [-0.25, -0.2) is 0 Å². The number of hydrogen-bond acceptors (Lipinski definition) is 7. The van der Waals surface area contributed by atoms with Gasteiger partial charge in [-0.1, -0.05) is 6.07 Å². The van der Waals surface area contributed by atoms with Crippen molar-refractivity contribution in [3.8, 4) is 0 Å². The lowest BCUT2D eigenvalue weighted by Gasteiger charge is -2.39. The first-order valence-corrected chi connectivity index (χ1v) is 19.0. The fraction of sp³-hybridized carbons (Fsp3) is 0.594. The number of likely N-dealkylation sites (tertiary alicyclic amines) is 2. The highest BCUT2D eigenvalue weighted by atomic mass is 32.1. The summed E-state index contributed by atoms with van der Waals surface area (Å²) in [6.07, 6.45) is 5.02. The first-order valence-electron chi connectivity index (χ1n) is 16.6. The second-order valence-electron chi connectivity index (χ2n) is 13.4. The van der Waals surface area contributed by atoms with E-state index < -0.39 is 42.7 Å². The number of benzene rings is 1. The Balaban J connectivity index is 1.20. The van der Waals surface area contributed by atoms with E-state index in [0.717, 1.165) is 55.8 Å². The van der Waals surface area contributed by atoms with Crippen molar-refractivity contribution in [3.05, 3.63) is 34.7 Å². The van der Waals surface area contributed by atoms with Crippen LogP contribution in [0, 0.1) is 5.92 Å². The second kappa shape index (κ2) is 13.7. The summed E-state index contributed by atoms with van der Waals surface area (Å²) in [6, 6.07) is 2.01. The Morgan fingerprint density at radius 2 is 1.61 bits per heavy atom. The van der Waals surface area contributed by atoms with Gasteiger partial charge in [-0.05, 0) is 68.5 Å². The molecule has 1 aromatic carbocycles. The number of rotatable bonds is 6. The number of piperidine rings is 1. The molecule has 0 bridgehead atoms. The number of carbonyl (C=O) groups excluding carboxylic acids is 5. The zero-order valence-corrected chi connectivity index (χ0v) is 28.8. The van der Waals surface area contributed by atoms with Gasteiger partial charge in [0.1, 0.15) is 12.1 Å². The summed E-state index contributed by atoms with van der Waals surface area (Å²) in [7, 11) is -5.80. The topological polar surface area (TPSA) is 168 Å². The Morgan fingerprint density at radius 3 is 2.31 bits per heavy atom. The molecule has 4 saturated heterocycles. The summed E-state index contributed by atoms with van der Waals surface area (Å²) in [5.74, 6) is -1.94. The average Bonchev–Trinajstić information content (AvgIpc) is 3.82. The molecule has 3 N–H and O–H groups in total. The smallest absolute Gasteiger partial charge is 0.342 e. The molecule has 0 saturated carbocycles. The number of carbonyl (C=O) groups is 5. The van der Waals surface area contributed by atoms with Gasteiger partial charge >= 0.3 is 13.3 Å². The summed E-state index contributed by atoms with van der Waals surface area (Å²) >= 11 is 0.945. The lowest BCUT2D eigenvalue weighted by atomic mass is 10.0. The van der Waals surface area contributed by atoms with Gasteiger partial charge in [0.2, 0.25) is 23.6 Å². The maximum Gasteiger partial charge on any atom is 0.399 e. The summed E-state index contributed by atoms with van der Waals surface area (Å²) < 4.78 is 40.5. The second-order valence-corrected chi connectivity index (χ2v) is 16.1. The summed E-state index contributed by atoms with van der Waals surface area (Å²) in [4.78, 5) is 92.2. The molecule has 0 aliphatic carbocycles. The zero-order chi connectivity index (χ0) is 35.2. The fourth-order valence-corrected chi connectivity index (χ4v) is 8.92. The maximum absolute atomic E-state index is 14.4. The van der Waals surface area contributed by atoms with Crippen molar-refractivity contribution in [2.24, 2.45) is 5.92 Å². The van der Waals surface area contributed by atoms with Crippen LogP contribution in [-0.4, -0.2) is 116 Å². The first kappa shape index (κ1) is 35.4. The van der Waals surface area contributed by atoms with Crippen molar-refractivity contribution in [2.45, 2.75) is 75.7 Å².